The molecule has 1 heterocycles. The molecule has 1 atom stereocenters. The number of likely N-dealkylation sites (tertiary alicyclic amines) is 1. The van der Waals surface area contributed by atoms with Gasteiger partial charge in [-0.2, -0.15) is 0 Å². The summed E-state index contributed by atoms with van der Waals surface area (Å²) in [5, 5.41) is 0. The second kappa shape index (κ2) is 1.97. The molecule has 2 nitrogen and oxygen atoms in total. The highest BCUT2D eigenvalue weighted by molar-refractivity contribution is 5.83. The molecule has 0 aromatic carbocycles. The molecule has 58 valence electrons. The highest BCUT2D eigenvalue weighted by atomic mass is 16.2. The van der Waals surface area contributed by atoms with Gasteiger partial charge in [-0.25, -0.2) is 0 Å². The lowest BCUT2D eigenvalue weighted by Crippen LogP contribution is -2.59. The second-order valence-electron chi connectivity index (χ2n) is 3.99. The summed E-state index contributed by atoms with van der Waals surface area (Å²) in [6.45, 7) is 8.30. The summed E-state index contributed by atoms with van der Waals surface area (Å²) in [5.41, 5.74) is 0.0226. The Labute approximate surface area is 62.2 Å². The molecule has 10 heavy (non-hydrogen) atoms. The van der Waals surface area contributed by atoms with Gasteiger partial charge in [0.15, 0.2) is 0 Å². The summed E-state index contributed by atoms with van der Waals surface area (Å²) in [4.78, 5) is 13.0. The van der Waals surface area contributed by atoms with Crippen molar-refractivity contribution in [3.63, 3.8) is 0 Å². The minimum Gasteiger partial charge on any atom is -0.335 e. The summed E-state index contributed by atoms with van der Waals surface area (Å²) >= 11 is 0. The zero-order chi connectivity index (χ0) is 7.94. The fraction of sp³-hybridized carbons (Fsp3) is 0.875. The molecule has 0 spiro atoms. The molecule has 1 rings (SSSR count). The van der Waals surface area contributed by atoms with E-state index in [1.807, 2.05) is 4.90 Å². The molecule has 1 saturated heterocycles. The van der Waals surface area contributed by atoms with Crippen molar-refractivity contribution >= 4 is 5.91 Å². The van der Waals surface area contributed by atoms with E-state index in [0.717, 1.165) is 6.42 Å². The second-order valence-corrected chi connectivity index (χ2v) is 3.99. The summed E-state index contributed by atoms with van der Waals surface area (Å²) in [6, 6.07) is 0.451. The standard InChI is InChI=1S/C8H15NO/c1-6-5-7(10)9(6)8(2,3)4/h6H,5H2,1-4H3. The summed E-state index contributed by atoms with van der Waals surface area (Å²) in [6.07, 6.45) is 0.733. The predicted molar refractivity (Wildman–Crippen MR) is 40.7 cm³/mol. The molecule has 1 fully saturated rings. The first-order valence-electron chi connectivity index (χ1n) is 3.75. The van der Waals surface area contributed by atoms with Crippen LogP contribution in [-0.2, 0) is 4.79 Å². The summed E-state index contributed by atoms with van der Waals surface area (Å²) < 4.78 is 0. The van der Waals surface area contributed by atoms with Crippen molar-refractivity contribution < 1.29 is 4.79 Å². The van der Waals surface area contributed by atoms with Gasteiger partial charge in [0.1, 0.15) is 0 Å². The van der Waals surface area contributed by atoms with Gasteiger partial charge in [0, 0.05) is 18.0 Å². The highest BCUT2D eigenvalue weighted by Crippen LogP contribution is 2.27. The predicted octanol–water partition coefficient (Wildman–Crippen LogP) is 1.41. The van der Waals surface area contributed by atoms with Crippen molar-refractivity contribution in [2.24, 2.45) is 0 Å². The van der Waals surface area contributed by atoms with Crippen molar-refractivity contribution in [1.82, 2.24) is 4.90 Å². The zero-order valence-electron chi connectivity index (χ0n) is 7.14. The highest BCUT2D eigenvalue weighted by Gasteiger charge is 2.39. The van der Waals surface area contributed by atoms with Crippen molar-refractivity contribution in [2.75, 3.05) is 0 Å². The van der Waals surface area contributed by atoms with E-state index in [0.29, 0.717) is 11.9 Å². The van der Waals surface area contributed by atoms with Crippen LogP contribution in [0.15, 0.2) is 0 Å². The van der Waals surface area contributed by atoms with Gasteiger partial charge in [-0.1, -0.05) is 0 Å². The molecular weight excluding hydrogens is 126 g/mol. The molecule has 1 aliphatic rings. The molecule has 1 unspecified atom stereocenters. The van der Waals surface area contributed by atoms with Crippen LogP contribution in [0.5, 0.6) is 0 Å². The van der Waals surface area contributed by atoms with Gasteiger partial charge in [-0.15, -0.1) is 0 Å². The number of carbonyl (C=O) groups is 1. The van der Waals surface area contributed by atoms with E-state index in [4.69, 9.17) is 0 Å². The Morgan fingerprint density at radius 2 is 2.00 bits per heavy atom. The average molecular weight is 141 g/mol. The molecule has 0 N–H and O–H groups in total. The van der Waals surface area contributed by atoms with E-state index in [-0.39, 0.29) is 5.54 Å². The van der Waals surface area contributed by atoms with Crippen LogP contribution in [0.25, 0.3) is 0 Å². The number of amides is 1. The first-order valence-corrected chi connectivity index (χ1v) is 3.75. The van der Waals surface area contributed by atoms with Crippen LogP contribution in [0.4, 0.5) is 0 Å². The Bertz CT molecular complexity index is 157. The fourth-order valence-corrected chi connectivity index (χ4v) is 1.61. The number of nitrogens with zero attached hydrogens (tertiary/aromatic N) is 1. The third kappa shape index (κ3) is 1.02. The molecule has 1 amide bonds. The summed E-state index contributed by atoms with van der Waals surface area (Å²) in [7, 11) is 0. The van der Waals surface area contributed by atoms with Crippen LogP contribution < -0.4 is 0 Å². The van der Waals surface area contributed by atoms with Crippen LogP contribution in [0.3, 0.4) is 0 Å². The van der Waals surface area contributed by atoms with Crippen molar-refractivity contribution in [3.8, 4) is 0 Å². The Kier molecular flexibility index (Phi) is 1.50. The van der Waals surface area contributed by atoms with E-state index in [1.54, 1.807) is 0 Å². The largest absolute Gasteiger partial charge is 0.335 e. The number of hydrogen-bond donors (Lipinski definition) is 0. The Hall–Kier alpha value is -0.530. The Morgan fingerprint density at radius 1 is 1.50 bits per heavy atom. The van der Waals surface area contributed by atoms with Crippen molar-refractivity contribution in [2.45, 2.75) is 45.7 Å². The lowest BCUT2D eigenvalue weighted by molar-refractivity contribution is -0.152. The normalized spacial score (nSPS) is 26.6. The van der Waals surface area contributed by atoms with Gasteiger partial charge in [-0.05, 0) is 27.7 Å². The van der Waals surface area contributed by atoms with E-state index in [1.165, 1.54) is 0 Å². The molecule has 2 heteroatoms. The maximum Gasteiger partial charge on any atom is 0.225 e. The van der Waals surface area contributed by atoms with Crippen LogP contribution >= 0.6 is 0 Å². The molecule has 0 radical (unpaired) electrons. The number of β-lactam (4-membered cyclic amide) rings is 1. The topological polar surface area (TPSA) is 20.3 Å². The molecule has 1 aliphatic heterocycles. The lowest BCUT2D eigenvalue weighted by Gasteiger charge is -2.47. The number of hydrogen-bond acceptors (Lipinski definition) is 1. The maximum absolute atomic E-state index is 11.0. The van der Waals surface area contributed by atoms with Gasteiger partial charge in [-0.3, -0.25) is 4.79 Å². The van der Waals surface area contributed by atoms with Crippen molar-refractivity contribution in [3.05, 3.63) is 0 Å². The smallest absolute Gasteiger partial charge is 0.225 e. The Morgan fingerprint density at radius 3 is 2.10 bits per heavy atom. The maximum atomic E-state index is 11.0. The quantitative estimate of drug-likeness (QED) is 0.467. The SMILES string of the molecule is CC1CC(=O)N1C(C)(C)C. The van der Waals surface area contributed by atoms with E-state index in [9.17, 15) is 4.79 Å². The third-order valence-electron chi connectivity index (χ3n) is 1.90. The lowest BCUT2D eigenvalue weighted by atomic mass is 9.94. The van der Waals surface area contributed by atoms with Gasteiger partial charge in [0.05, 0.1) is 0 Å². The van der Waals surface area contributed by atoms with E-state index >= 15 is 0 Å². The van der Waals surface area contributed by atoms with Crippen LogP contribution in [0.1, 0.15) is 34.1 Å². The first-order chi connectivity index (χ1) is 4.43. The number of carbonyl (C=O) groups excluding carboxylic acids is 1. The van der Waals surface area contributed by atoms with Gasteiger partial charge >= 0.3 is 0 Å². The molecule has 0 aromatic heterocycles. The monoisotopic (exact) mass is 141 g/mol. The van der Waals surface area contributed by atoms with E-state index < -0.39 is 0 Å². The molecule has 0 aliphatic carbocycles. The Balaban J connectivity index is 2.64. The first kappa shape index (κ1) is 7.58. The average Bonchev–Trinajstić information content (AvgIpc) is 1.58. The fourth-order valence-electron chi connectivity index (χ4n) is 1.61. The zero-order valence-corrected chi connectivity index (χ0v) is 7.14. The minimum atomic E-state index is 0.0226. The molecule has 0 saturated carbocycles. The van der Waals surface area contributed by atoms with Crippen LogP contribution in [-0.4, -0.2) is 22.4 Å². The minimum absolute atomic E-state index is 0.0226. The van der Waals surface area contributed by atoms with E-state index in [2.05, 4.69) is 27.7 Å². The molecular formula is C8H15NO. The van der Waals surface area contributed by atoms with Gasteiger partial charge < -0.3 is 4.90 Å². The molecule has 0 bridgehead atoms. The number of rotatable bonds is 0. The van der Waals surface area contributed by atoms with Crippen LogP contribution in [0, 0.1) is 0 Å². The molecule has 0 aromatic rings. The summed E-state index contributed by atoms with van der Waals surface area (Å²) in [5.74, 6) is 0.292. The third-order valence-corrected chi connectivity index (χ3v) is 1.90. The van der Waals surface area contributed by atoms with Gasteiger partial charge in [0.2, 0.25) is 5.91 Å². The van der Waals surface area contributed by atoms with Gasteiger partial charge in [0.25, 0.3) is 0 Å². The van der Waals surface area contributed by atoms with Crippen LogP contribution in [0.2, 0.25) is 0 Å². The van der Waals surface area contributed by atoms with Crippen molar-refractivity contribution in [1.29, 1.82) is 0 Å².